The molecule has 22 heavy (non-hydrogen) atoms. The Morgan fingerprint density at radius 2 is 2.23 bits per heavy atom. The van der Waals surface area contributed by atoms with Crippen molar-refractivity contribution in [3.8, 4) is 5.88 Å². The summed E-state index contributed by atoms with van der Waals surface area (Å²) in [6, 6.07) is 6.73. The summed E-state index contributed by atoms with van der Waals surface area (Å²) in [6.45, 7) is 2.59. The van der Waals surface area contributed by atoms with Crippen LogP contribution in [0.2, 0.25) is 5.02 Å². The molecule has 0 aliphatic heterocycles. The van der Waals surface area contributed by atoms with Crippen molar-refractivity contribution in [3.63, 3.8) is 0 Å². The van der Waals surface area contributed by atoms with E-state index in [1.807, 2.05) is 19.1 Å². The van der Waals surface area contributed by atoms with Gasteiger partial charge in [-0.25, -0.2) is 9.78 Å². The second kappa shape index (κ2) is 8.19. The minimum atomic E-state index is -0.260. The number of nitrogens with zero attached hydrogens (tertiary/aromatic N) is 2. The van der Waals surface area contributed by atoms with E-state index in [1.54, 1.807) is 24.5 Å². The van der Waals surface area contributed by atoms with Crippen molar-refractivity contribution in [2.24, 2.45) is 0 Å². The summed E-state index contributed by atoms with van der Waals surface area (Å²) in [4.78, 5) is 19.8. The van der Waals surface area contributed by atoms with Gasteiger partial charge in [-0.15, -0.1) is 0 Å². The van der Waals surface area contributed by atoms with Gasteiger partial charge in [0, 0.05) is 24.7 Å². The molecule has 6 nitrogen and oxygen atoms in total. The molecule has 2 heterocycles. The average Bonchev–Trinajstić information content (AvgIpc) is 2.54. The Kier molecular flexibility index (Phi) is 5.97. The highest BCUT2D eigenvalue weighted by Gasteiger charge is 2.08. The van der Waals surface area contributed by atoms with E-state index < -0.39 is 0 Å². The Balaban J connectivity index is 1.66. The third-order valence-corrected chi connectivity index (χ3v) is 3.09. The zero-order valence-corrected chi connectivity index (χ0v) is 12.9. The van der Waals surface area contributed by atoms with Gasteiger partial charge in [0.1, 0.15) is 6.61 Å². The third-order valence-electron chi connectivity index (χ3n) is 2.87. The summed E-state index contributed by atoms with van der Waals surface area (Å²) in [7, 11) is 0. The van der Waals surface area contributed by atoms with Crippen LogP contribution in [0.3, 0.4) is 0 Å². The predicted molar refractivity (Wildman–Crippen MR) is 83.9 cm³/mol. The maximum atomic E-state index is 11.8. The van der Waals surface area contributed by atoms with Crippen LogP contribution in [0, 0.1) is 0 Å². The third kappa shape index (κ3) is 5.21. The van der Waals surface area contributed by atoms with Crippen LogP contribution < -0.4 is 15.4 Å². The fourth-order valence-electron chi connectivity index (χ4n) is 1.73. The molecule has 0 fully saturated rings. The monoisotopic (exact) mass is 320 g/mol. The number of amides is 2. The number of halogens is 1. The molecule has 0 spiro atoms. The first kappa shape index (κ1) is 16.0. The first-order valence-electron chi connectivity index (χ1n) is 6.84. The van der Waals surface area contributed by atoms with Crippen LogP contribution in [-0.4, -0.2) is 29.2 Å². The molecule has 0 aromatic carbocycles. The number of rotatable bonds is 6. The molecule has 0 saturated heterocycles. The molecule has 0 radical (unpaired) electrons. The Bertz CT molecular complexity index is 592. The highest BCUT2D eigenvalue weighted by atomic mass is 35.5. The lowest BCUT2D eigenvalue weighted by molar-refractivity contribution is 0.233. The van der Waals surface area contributed by atoms with Gasteiger partial charge in [0.2, 0.25) is 5.88 Å². The van der Waals surface area contributed by atoms with Crippen molar-refractivity contribution in [2.45, 2.75) is 13.0 Å². The predicted octanol–water partition coefficient (Wildman–Crippen LogP) is 2.57. The Labute approximate surface area is 133 Å². The normalized spacial score (nSPS) is 11.5. The first-order valence-corrected chi connectivity index (χ1v) is 7.21. The van der Waals surface area contributed by atoms with Crippen LogP contribution >= 0.6 is 11.6 Å². The number of urea groups is 1. The zero-order valence-electron chi connectivity index (χ0n) is 12.1. The van der Waals surface area contributed by atoms with Gasteiger partial charge in [-0.05, 0) is 24.6 Å². The Morgan fingerprint density at radius 3 is 2.91 bits per heavy atom. The number of hydrogen-bond donors (Lipinski definition) is 2. The molecule has 0 saturated carbocycles. The minimum Gasteiger partial charge on any atom is -0.476 e. The summed E-state index contributed by atoms with van der Waals surface area (Å²) >= 11 is 5.73. The Morgan fingerprint density at radius 1 is 1.36 bits per heavy atom. The van der Waals surface area contributed by atoms with E-state index in [4.69, 9.17) is 16.3 Å². The van der Waals surface area contributed by atoms with E-state index in [-0.39, 0.29) is 12.1 Å². The summed E-state index contributed by atoms with van der Waals surface area (Å²) in [6.07, 6.45) is 4.92. The molecule has 0 aliphatic rings. The molecule has 0 bridgehead atoms. The molecule has 7 heteroatoms. The van der Waals surface area contributed by atoms with Gasteiger partial charge in [-0.3, -0.25) is 4.98 Å². The zero-order chi connectivity index (χ0) is 15.8. The van der Waals surface area contributed by atoms with Crippen LogP contribution in [0.25, 0.3) is 0 Å². The second-order valence-electron chi connectivity index (χ2n) is 4.57. The van der Waals surface area contributed by atoms with Gasteiger partial charge in [-0.2, -0.15) is 0 Å². The van der Waals surface area contributed by atoms with Crippen LogP contribution in [-0.2, 0) is 0 Å². The number of aromatic nitrogens is 2. The van der Waals surface area contributed by atoms with Gasteiger partial charge in [0.15, 0.2) is 0 Å². The minimum absolute atomic E-state index is 0.118. The lowest BCUT2D eigenvalue weighted by atomic mass is 10.1. The average molecular weight is 321 g/mol. The topological polar surface area (TPSA) is 76.1 Å². The van der Waals surface area contributed by atoms with Crippen molar-refractivity contribution in [2.75, 3.05) is 13.2 Å². The fourth-order valence-corrected chi connectivity index (χ4v) is 1.84. The summed E-state index contributed by atoms with van der Waals surface area (Å²) in [5.41, 5.74) is 0.944. The highest BCUT2D eigenvalue weighted by Crippen LogP contribution is 2.11. The standard InChI is InChI=1S/C15H17ClN4O2/c1-11(12-3-2-6-17-9-12)20-15(21)18-7-8-22-14-5-4-13(16)10-19-14/h2-6,9-11H,7-8H2,1H3,(H2,18,20,21)/t11-/m0/s1. The summed E-state index contributed by atoms with van der Waals surface area (Å²) in [5, 5.41) is 6.09. The number of carbonyl (C=O) groups is 1. The molecule has 0 aliphatic carbocycles. The molecule has 2 aromatic rings. The summed E-state index contributed by atoms with van der Waals surface area (Å²) in [5.74, 6) is 0.468. The lowest BCUT2D eigenvalue weighted by Gasteiger charge is -2.14. The number of pyridine rings is 2. The molecular formula is C15H17ClN4O2. The second-order valence-corrected chi connectivity index (χ2v) is 5.01. The smallest absolute Gasteiger partial charge is 0.315 e. The molecule has 2 rings (SSSR count). The van der Waals surface area contributed by atoms with Gasteiger partial charge in [0.05, 0.1) is 17.6 Å². The lowest BCUT2D eigenvalue weighted by Crippen LogP contribution is -2.39. The number of carbonyl (C=O) groups excluding carboxylic acids is 1. The van der Waals surface area contributed by atoms with E-state index in [1.165, 1.54) is 6.20 Å². The molecule has 2 N–H and O–H groups in total. The first-order chi connectivity index (χ1) is 10.6. The number of hydrogen-bond acceptors (Lipinski definition) is 4. The van der Waals surface area contributed by atoms with Gasteiger partial charge >= 0.3 is 6.03 Å². The molecule has 0 unspecified atom stereocenters. The van der Waals surface area contributed by atoms with E-state index in [9.17, 15) is 4.79 Å². The molecule has 2 amide bonds. The van der Waals surface area contributed by atoms with Crippen molar-refractivity contribution in [3.05, 3.63) is 53.4 Å². The molecule has 1 atom stereocenters. The Hall–Kier alpha value is -2.34. The van der Waals surface area contributed by atoms with Crippen molar-refractivity contribution in [1.29, 1.82) is 0 Å². The van der Waals surface area contributed by atoms with E-state index in [0.29, 0.717) is 24.1 Å². The van der Waals surface area contributed by atoms with Crippen LogP contribution in [0.4, 0.5) is 4.79 Å². The van der Waals surface area contributed by atoms with Gasteiger partial charge in [-0.1, -0.05) is 17.7 Å². The van der Waals surface area contributed by atoms with Crippen molar-refractivity contribution < 1.29 is 9.53 Å². The largest absolute Gasteiger partial charge is 0.476 e. The molecule has 2 aromatic heterocycles. The highest BCUT2D eigenvalue weighted by molar-refractivity contribution is 6.30. The van der Waals surface area contributed by atoms with Gasteiger partial charge in [0.25, 0.3) is 0 Å². The number of ether oxygens (including phenoxy) is 1. The number of nitrogens with one attached hydrogen (secondary N) is 2. The summed E-state index contributed by atoms with van der Waals surface area (Å²) < 4.78 is 5.38. The van der Waals surface area contributed by atoms with Crippen LogP contribution in [0.5, 0.6) is 5.88 Å². The maximum absolute atomic E-state index is 11.8. The maximum Gasteiger partial charge on any atom is 0.315 e. The SMILES string of the molecule is C[C@H](NC(=O)NCCOc1ccc(Cl)cn1)c1cccnc1. The van der Waals surface area contributed by atoms with E-state index >= 15 is 0 Å². The van der Waals surface area contributed by atoms with E-state index in [0.717, 1.165) is 5.56 Å². The fraction of sp³-hybridized carbons (Fsp3) is 0.267. The van der Waals surface area contributed by atoms with Crippen molar-refractivity contribution >= 4 is 17.6 Å². The quantitative estimate of drug-likeness (QED) is 0.802. The molecular weight excluding hydrogens is 304 g/mol. The van der Waals surface area contributed by atoms with Crippen molar-refractivity contribution in [1.82, 2.24) is 20.6 Å². The van der Waals surface area contributed by atoms with Gasteiger partial charge < -0.3 is 15.4 Å². The molecule has 116 valence electrons. The van der Waals surface area contributed by atoms with Crippen LogP contribution in [0.1, 0.15) is 18.5 Å². The van der Waals surface area contributed by atoms with Crippen LogP contribution in [0.15, 0.2) is 42.9 Å². The van der Waals surface area contributed by atoms with E-state index in [2.05, 4.69) is 20.6 Å².